The van der Waals surface area contributed by atoms with Gasteiger partial charge in [0, 0.05) is 36.8 Å². The SMILES string of the molecule is COCCCNC(=O)Cc1ccc(Cl)cc1-n1c(C2CCCCC2)nc(-c2nnc(N)o2)c1-c1ccc(F)c(Cl)c1. The summed E-state index contributed by atoms with van der Waals surface area (Å²) in [5.74, 6) is 0.303. The van der Waals surface area contributed by atoms with E-state index in [0.717, 1.165) is 43.5 Å². The van der Waals surface area contributed by atoms with Crippen LogP contribution in [0.5, 0.6) is 0 Å². The highest BCUT2D eigenvalue weighted by Crippen LogP contribution is 2.42. The van der Waals surface area contributed by atoms with Crippen LogP contribution in [0.4, 0.5) is 10.4 Å². The monoisotopic (exact) mass is 600 g/mol. The van der Waals surface area contributed by atoms with Gasteiger partial charge in [-0.05, 0) is 55.2 Å². The lowest BCUT2D eigenvalue weighted by molar-refractivity contribution is -0.120. The molecule has 1 aliphatic carbocycles. The second-order valence-electron chi connectivity index (χ2n) is 10.1. The molecule has 0 unspecified atom stereocenters. The molecule has 1 fully saturated rings. The van der Waals surface area contributed by atoms with Crippen LogP contribution in [0.25, 0.3) is 28.5 Å². The molecule has 0 bridgehead atoms. The van der Waals surface area contributed by atoms with Crippen molar-refractivity contribution < 1.29 is 18.3 Å². The number of nitrogen functional groups attached to an aromatic ring is 1. The number of anilines is 1. The molecule has 4 aromatic rings. The van der Waals surface area contributed by atoms with E-state index in [1.165, 1.54) is 12.1 Å². The van der Waals surface area contributed by atoms with Crippen LogP contribution < -0.4 is 11.1 Å². The van der Waals surface area contributed by atoms with Gasteiger partial charge >= 0.3 is 6.01 Å². The first-order chi connectivity index (χ1) is 19.9. The summed E-state index contributed by atoms with van der Waals surface area (Å²) in [6, 6.07) is 9.75. The topological polar surface area (TPSA) is 121 Å². The van der Waals surface area contributed by atoms with Gasteiger partial charge in [-0.1, -0.05) is 53.6 Å². The van der Waals surface area contributed by atoms with Crippen molar-refractivity contribution in [1.82, 2.24) is 25.1 Å². The number of hydrogen-bond acceptors (Lipinski definition) is 7. The highest BCUT2D eigenvalue weighted by atomic mass is 35.5. The number of amides is 1. The molecule has 1 saturated carbocycles. The van der Waals surface area contributed by atoms with Crippen LogP contribution in [0.1, 0.15) is 55.8 Å². The molecule has 0 spiro atoms. The Balaban J connectivity index is 1.72. The zero-order valence-electron chi connectivity index (χ0n) is 22.6. The fraction of sp³-hybridized carbons (Fsp3) is 0.379. The average molecular weight is 602 g/mol. The molecule has 9 nitrogen and oxygen atoms in total. The number of ether oxygens (including phenoxy) is 1. The number of carbonyl (C=O) groups is 1. The third kappa shape index (κ3) is 6.55. The Kier molecular flexibility index (Phi) is 9.22. The summed E-state index contributed by atoms with van der Waals surface area (Å²) >= 11 is 12.8. The minimum absolute atomic E-state index is 0.0489. The van der Waals surface area contributed by atoms with Crippen LogP contribution in [-0.2, 0) is 16.0 Å². The Morgan fingerprint density at radius 1 is 1.17 bits per heavy atom. The number of rotatable bonds is 10. The smallest absolute Gasteiger partial charge is 0.313 e. The summed E-state index contributed by atoms with van der Waals surface area (Å²) in [4.78, 5) is 18.0. The second-order valence-corrected chi connectivity index (χ2v) is 10.9. The van der Waals surface area contributed by atoms with Gasteiger partial charge in [-0.3, -0.25) is 9.36 Å². The van der Waals surface area contributed by atoms with E-state index in [1.54, 1.807) is 19.2 Å². The third-order valence-electron chi connectivity index (χ3n) is 7.20. The van der Waals surface area contributed by atoms with Crippen molar-refractivity contribution in [3.05, 3.63) is 63.6 Å². The van der Waals surface area contributed by atoms with E-state index in [1.807, 2.05) is 16.7 Å². The van der Waals surface area contributed by atoms with E-state index < -0.39 is 5.82 Å². The number of nitrogens with zero attached hydrogens (tertiary/aromatic N) is 4. The molecule has 0 atom stereocenters. The first-order valence-corrected chi connectivity index (χ1v) is 14.3. The van der Waals surface area contributed by atoms with Crippen molar-refractivity contribution in [2.24, 2.45) is 0 Å². The summed E-state index contributed by atoms with van der Waals surface area (Å²) < 4.78 is 27.0. The van der Waals surface area contributed by atoms with Crippen LogP contribution in [0.15, 0.2) is 40.8 Å². The third-order valence-corrected chi connectivity index (χ3v) is 7.72. The average Bonchev–Trinajstić information content (AvgIpc) is 3.58. The predicted molar refractivity (Wildman–Crippen MR) is 156 cm³/mol. The van der Waals surface area contributed by atoms with E-state index in [4.69, 9.17) is 43.1 Å². The zero-order chi connectivity index (χ0) is 28.9. The van der Waals surface area contributed by atoms with Gasteiger partial charge in [0.05, 0.1) is 22.8 Å². The highest BCUT2D eigenvalue weighted by molar-refractivity contribution is 6.31. The summed E-state index contributed by atoms with van der Waals surface area (Å²) in [6.07, 6.45) is 5.94. The molecule has 2 aromatic heterocycles. The van der Waals surface area contributed by atoms with Gasteiger partial charge in [-0.2, -0.15) is 0 Å². The molecule has 2 heterocycles. The fourth-order valence-electron chi connectivity index (χ4n) is 5.28. The van der Waals surface area contributed by atoms with E-state index in [-0.39, 0.29) is 35.2 Å². The Hall–Kier alpha value is -3.47. The molecule has 216 valence electrons. The Morgan fingerprint density at radius 2 is 1.98 bits per heavy atom. The van der Waals surface area contributed by atoms with Crippen LogP contribution in [0.3, 0.4) is 0 Å². The Morgan fingerprint density at radius 3 is 2.68 bits per heavy atom. The van der Waals surface area contributed by atoms with Crippen LogP contribution in [0.2, 0.25) is 10.0 Å². The molecule has 1 aliphatic rings. The standard InChI is InChI=1S/C29H31Cl2FN6O3/c1-40-13-5-12-34-24(39)15-18-8-10-20(30)16-23(18)38-26(19-9-11-22(32)21(31)14-19)25(28-36-37-29(33)41-28)35-27(38)17-6-3-2-4-7-17/h8-11,14,16-17H,2-7,12-13,15H2,1H3,(H2,33,37)(H,34,39). The van der Waals surface area contributed by atoms with Gasteiger partial charge in [-0.15, -0.1) is 5.10 Å². The Bertz CT molecular complexity index is 1530. The van der Waals surface area contributed by atoms with Crippen LogP contribution in [0, 0.1) is 5.82 Å². The first kappa shape index (κ1) is 29.0. The number of aromatic nitrogens is 4. The van der Waals surface area contributed by atoms with Crippen molar-refractivity contribution in [2.45, 2.75) is 50.9 Å². The number of carbonyl (C=O) groups excluding carboxylic acids is 1. The van der Waals surface area contributed by atoms with Gasteiger partial charge in [0.25, 0.3) is 5.89 Å². The number of nitrogens with one attached hydrogen (secondary N) is 1. The van der Waals surface area contributed by atoms with Gasteiger partial charge in [0.1, 0.15) is 11.6 Å². The molecule has 0 radical (unpaired) electrons. The molecule has 5 rings (SSSR count). The highest BCUT2D eigenvalue weighted by Gasteiger charge is 2.31. The van der Waals surface area contributed by atoms with Crippen LogP contribution in [-0.4, -0.2) is 45.9 Å². The molecule has 1 amide bonds. The largest absolute Gasteiger partial charge is 0.402 e. The van der Waals surface area contributed by atoms with Gasteiger partial charge in [0.2, 0.25) is 5.91 Å². The number of benzene rings is 2. The minimum atomic E-state index is -0.550. The van der Waals surface area contributed by atoms with E-state index in [9.17, 15) is 9.18 Å². The fourth-order valence-corrected chi connectivity index (χ4v) is 5.63. The Labute approximate surface area is 247 Å². The molecule has 2 aromatic carbocycles. The number of halogens is 3. The van der Waals surface area contributed by atoms with Crippen molar-refractivity contribution >= 4 is 35.1 Å². The van der Waals surface area contributed by atoms with E-state index in [2.05, 4.69) is 15.5 Å². The second kappa shape index (κ2) is 13.0. The zero-order valence-corrected chi connectivity index (χ0v) is 24.1. The summed E-state index contributed by atoms with van der Waals surface area (Å²) in [5, 5.41) is 11.3. The summed E-state index contributed by atoms with van der Waals surface area (Å²) in [5.41, 5.74) is 8.71. The number of nitrogens with two attached hydrogens (primary N) is 1. The minimum Gasteiger partial charge on any atom is -0.402 e. The number of imidazole rings is 1. The van der Waals surface area contributed by atoms with Crippen molar-refractivity contribution in [3.8, 4) is 28.5 Å². The normalized spacial score (nSPS) is 14.0. The molecular formula is C29H31Cl2FN6O3. The van der Waals surface area contributed by atoms with Gasteiger partial charge < -0.3 is 20.2 Å². The lowest BCUT2D eigenvalue weighted by atomic mass is 9.88. The lowest BCUT2D eigenvalue weighted by Crippen LogP contribution is -2.27. The van der Waals surface area contributed by atoms with Crippen LogP contribution >= 0.6 is 23.2 Å². The molecular weight excluding hydrogens is 570 g/mol. The molecule has 12 heteroatoms. The van der Waals surface area contributed by atoms with Gasteiger partial charge in [0.15, 0.2) is 5.69 Å². The maximum atomic E-state index is 14.3. The molecule has 0 saturated heterocycles. The van der Waals surface area contributed by atoms with E-state index in [0.29, 0.717) is 47.2 Å². The van der Waals surface area contributed by atoms with Crippen molar-refractivity contribution in [3.63, 3.8) is 0 Å². The molecule has 41 heavy (non-hydrogen) atoms. The quantitative estimate of drug-likeness (QED) is 0.203. The summed E-state index contributed by atoms with van der Waals surface area (Å²) in [6.45, 7) is 1.05. The number of methoxy groups -OCH3 is 1. The maximum absolute atomic E-state index is 14.3. The lowest BCUT2D eigenvalue weighted by Gasteiger charge is -2.24. The molecule has 3 N–H and O–H groups in total. The predicted octanol–water partition coefficient (Wildman–Crippen LogP) is 6.36. The van der Waals surface area contributed by atoms with Crippen molar-refractivity contribution in [1.29, 1.82) is 0 Å². The van der Waals surface area contributed by atoms with E-state index >= 15 is 0 Å². The first-order valence-electron chi connectivity index (χ1n) is 13.6. The summed E-state index contributed by atoms with van der Waals surface area (Å²) in [7, 11) is 1.62. The van der Waals surface area contributed by atoms with Gasteiger partial charge in [-0.25, -0.2) is 9.37 Å². The molecule has 0 aliphatic heterocycles. The number of hydrogen-bond donors (Lipinski definition) is 2. The maximum Gasteiger partial charge on any atom is 0.313 e. The van der Waals surface area contributed by atoms with Crippen molar-refractivity contribution in [2.75, 3.05) is 26.0 Å².